The molecule has 0 aliphatic heterocycles. The molecular weight excluding hydrogens is 566 g/mol. The van der Waals surface area contributed by atoms with Crippen LogP contribution >= 0.6 is 15.9 Å². The van der Waals surface area contributed by atoms with Gasteiger partial charge >= 0.3 is 5.97 Å². The van der Waals surface area contributed by atoms with Crippen molar-refractivity contribution in [2.45, 2.75) is 20.0 Å². The zero-order chi connectivity index (χ0) is 27.5. The lowest BCUT2D eigenvalue weighted by Gasteiger charge is -2.13. The van der Waals surface area contributed by atoms with Crippen LogP contribution in [0.5, 0.6) is 11.5 Å². The van der Waals surface area contributed by atoms with Crippen LogP contribution in [0.1, 0.15) is 19.4 Å². The number of methoxy groups -OCH3 is 1. The van der Waals surface area contributed by atoms with Crippen molar-refractivity contribution in [1.82, 2.24) is 9.66 Å². The van der Waals surface area contributed by atoms with Gasteiger partial charge in [0.05, 0.1) is 30.3 Å². The zero-order valence-corrected chi connectivity index (χ0v) is 23.0. The number of aromatic nitrogens is 2. The standard InChI is InChI=1S/C29H24BrN3O6/c1-17(2)38-27(34)16-37-25-14-21(30)19(13-24(25)36-3)15-31-33-28(26-12-18-8-4-7-11-23(18)39-26)32-22-10-6-5-9-20(22)29(33)35/h4-15,17H,16H2,1-3H3. The van der Waals surface area contributed by atoms with E-state index in [0.29, 0.717) is 43.8 Å². The highest BCUT2D eigenvalue weighted by atomic mass is 79.9. The zero-order valence-electron chi connectivity index (χ0n) is 21.4. The molecule has 39 heavy (non-hydrogen) atoms. The summed E-state index contributed by atoms with van der Waals surface area (Å²) in [7, 11) is 1.49. The molecule has 0 N–H and O–H groups in total. The number of ether oxygens (including phenoxy) is 3. The van der Waals surface area contributed by atoms with Gasteiger partial charge in [-0.1, -0.05) is 30.3 Å². The first-order valence-electron chi connectivity index (χ1n) is 12.1. The lowest BCUT2D eigenvalue weighted by Crippen LogP contribution is -2.20. The van der Waals surface area contributed by atoms with E-state index >= 15 is 0 Å². The second-order valence-corrected chi connectivity index (χ2v) is 9.67. The molecule has 10 heteroatoms. The second kappa shape index (κ2) is 11.1. The van der Waals surface area contributed by atoms with E-state index < -0.39 is 5.97 Å². The molecule has 2 heterocycles. The monoisotopic (exact) mass is 589 g/mol. The van der Waals surface area contributed by atoms with Gasteiger partial charge in [-0.25, -0.2) is 9.78 Å². The molecule has 0 fully saturated rings. The summed E-state index contributed by atoms with van der Waals surface area (Å²) in [5, 5.41) is 5.80. The molecule has 198 valence electrons. The van der Waals surface area contributed by atoms with Crippen LogP contribution in [-0.4, -0.2) is 41.7 Å². The first-order valence-corrected chi connectivity index (χ1v) is 12.9. The predicted octanol–water partition coefficient (Wildman–Crippen LogP) is 5.79. The van der Waals surface area contributed by atoms with Gasteiger partial charge in [-0.2, -0.15) is 9.78 Å². The topological polar surface area (TPSA) is 105 Å². The molecule has 9 nitrogen and oxygen atoms in total. The van der Waals surface area contributed by atoms with E-state index in [0.717, 1.165) is 5.39 Å². The van der Waals surface area contributed by atoms with E-state index in [1.165, 1.54) is 18.0 Å². The molecule has 2 aromatic heterocycles. The van der Waals surface area contributed by atoms with Crippen LogP contribution in [0.4, 0.5) is 0 Å². The maximum Gasteiger partial charge on any atom is 0.344 e. The number of carbonyl (C=O) groups is 1. The molecule has 5 rings (SSSR count). The van der Waals surface area contributed by atoms with Gasteiger partial charge in [0.25, 0.3) is 5.56 Å². The number of para-hydroxylation sites is 2. The Hall–Kier alpha value is -4.44. The van der Waals surface area contributed by atoms with Crippen LogP contribution < -0.4 is 15.0 Å². The first-order chi connectivity index (χ1) is 18.8. The van der Waals surface area contributed by atoms with Crippen LogP contribution in [-0.2, 0) is 9.53 Å². The highest BCUT2D eigenvalue weighted by molar-refractivity contribution is 9.10. The fourth-order valence-electron chi connectivity index (χ4n) is 3.96. The predicted molar refractivity (Wildman–Crippen MR) is 152 cm³/mol. The van der Waals surface area contributed by atoms with Crippen molar-refractivity contribution < 1.29 is 23.4 Å². The minimum Gasteiger partial charge on any atom is -0.493 e. The van der Waals surface area contributed by atoms with Crippen LogP contribution in [0.15, 0.2) is 85.5 Å². The molecule has 0 bridgehead atoms. The van der Waals surface area contributed by atoms with Gasteiger partial charge in [-0.15, -0.1) is 0 Å². The fourth-order valence-corrected chi connectivity index (χ4v) is 4.38. The average Bonchev–Trinajstić information content (AvgIpc) is 3.36. The first kappa shape index (κ1) is 26.2. The van der Waals surface area contributed by atoms with E-state index in [-0.39, 0.29) is 24.1 Å². The summed E-state index contributed by atoms with van der Waals surface area (Å²) >= 11 is 3.51. The number of esters is 1. The average molecular weight is 590 g/mol. The maximum atomic E-state index is 13.5. The SMILES string of the molecule is COc1cc(C=Nn2c(-c3cc4ccccc4o3)nc3ccccc3c2=O)c(Br)cc1OCC(=O)OC(C)C. The van der Waals surface area contributed by atoms with Crippen molar-refractivity contribution in [3.05, 3.63) is 87.1 Å². The fraction of sp³-hybridized carbons (Fsp3) is 0.172. The van der Waals surface area contributed by atoms with Gasteiger partial charge in [0, 0.05) is 15.4 Å². The minimum atomic E-state index is -0.491. The Bertz CT molecular complexity index is 1740. The third-order valence-electron chi connectivity index (χ3n) is 5.71. The summed E-state index contributed by atoms with van der Waals surface area (Å²) in [6, 6.07) is 19.8. The summed E-state index contributed by atoms with van der Waals surface area (Å²) in [6.07, 6.45) is 1.26. The lowest BCUT2D eigenvalue weighted by atomic mass is 10.2. The molecule has 0 saturated carbocycles. The van der Waals surface area contributed by atoms with Crippen molar-refractivity contribution in [3.63, 3.8) is 0 Å². The van der Waals surface area contributed by atoms with Gasteiger partial charge in [0.2, 0.25) is 5.82 Å². The number of rotatable bonds is 8. The normalized spacial score (nSPS) is 11.5. The molecule has 0 radical (unpaired) electrons. The van der Waals surface area contributed by atoms with E-state index in [2.05, 4.69) is 21.0 Å². The maximum absolute atomic E-state index is 13.5. The second-order valence-electron chi connectivity index (χ2n) is 8.81. The molecule has 0 aliphatic carbocycles. The molecular formula is C29H24BrN3O6. The van der Waals surface area contributed by atoms with Crippen molar-refractivity contribution in [2.75, 3.05) is 13.7 Å². The Labute approximate surface area is 231 Å². The third-order valence-corrected chi connectivity index (χ3v) is 6.39. The smallest absolute Gasteiger partial charge is 0.344 e. The van der Waals surface area contributed by atoms with Gasteiger partial charge in [-0.3, -0.25) is 4.79 Å². The Balaban J connectivity index is 1.55. The number of nitrogens with zero attached hydrogens (tertiary/aromatic N) is 3. The quantitative estimate of drug-likeness (QED) is 0.166. The summed E-state index contributed by atoms with van der Waals surface area (Å²) in [5.74, 6) is 0.895. The lowest BCUT2D eigenvalue weighted by molar-refractivity contribution is -0.149. The van der Waals surface area contributed by atoms with Gasteiger partial charge in [0.1, 0.15) is 5.58 Å². The Morgan fingerprint density at radius 2 is 1.87 bits per heavy atom. The van der Waals surface area contributed by atoms with E-state index in [4.69, 9.17) is 23.6 Å². The summed E-state index contributed by atoms with van der Waals surface area (Å²) in [4.78, 5) is 30.1. The number of furan rings is 1. The molecule has 0 saturated heterocycles. The Morgan fingerprint density at radius 1 is 1.10 bits per heavy atom. The van der Waals surface area contributed by atoms with Crippen LogP contribution in [0, 0.1) is 0 Å². The Kier molecular flexibility index (Phi) is 7.47. The van der Waals surface area contributed by atoms with Gasteiger partial charge in [0.15, 0.2) is 23.9 Å². The molecule has 0 unspecified atom stereocenters. The van der Waals surface area contributed by atoms with Crippen molar-refractivity contribution in [3.8, 4) is 23.1 Å². The van der Waals surface area contributed by atoms with Crippen LogP contribution in [0.2, 0.25) is 0 Å². The molecule has 0 spiro atoms. The molecule has 3 aromatic carbocycles. The van der Waals surface area contributed by atoms with E-state index in [1.54, 1.807) is 44.2 Å². The number of hydrogen-bond acceptors (Lipinski definition) is 8. The largest absolute Gasteiger partial charge is 0.493 e. The number of benzene rings is 3. The molecule has 0 amide bonds. The van der Waals surface area contributed by atoms with E-state index in [1.807, 2.05) is 36.4 Å². The Morgan fingerprint density at radius 3 is 2.64 bits per heavy atom. The van der Waals surface area contributed by atoms with Crippen LogP contribution in [0.25, 0.3) is 33.5 Å². The van der Waals surface area contributed by atoms with Gasteiger partial charge < -0.3 is 18.6 Å². The number of hydrogen-bond donors (Lipinski definition) is 0. The number of fused-ring (bicyclic) bond motifs is 2. The van der Waals surface area contributed by atoms with Crippen LogP contribution in [0.3, 0.4) is 0 Å². The summed E-state index contributed by atoms with van der Waals surface area (Å²) in [5.41, 5.74) is 1.45. The molecule has 5 aromatic rings. The van der Waals surface area contributed by atoms with Gasteiger partial charge in [-0.05, 0) is 66.2 Å². The number of carbonyl (C=O) groups excluding carboxylic acids is 1. The van der Waals surface area contributed by atoms with Crippen molar-refractivity contribution >= 4 is 50.0 Å². The van der Waals surface area contributed by atoms with Crippen molar-refractivity contribution in [1.29, 1.82) is 0 Å². The van der Waals surface area contributed by atoms with E-state index in [9.17, 15) is 9.59 Å². The summed E-state index contributed by atoms with van der Waals surface area (Å²) in [6.45, 7) is 3.26. The highest BCUT2D eigenvalue weighted by Crippen LogP contribution is 2.33. The molecule has 0 atom stereocenters. The third kappa shape index (κ3) is 5.56. The highest BCUT2D eigenvalue weighted by Gasteiger charge is 2.17. The summed E-state index contributed by atoms with van der Waals surface area (Å²) < 4.78 is 24.0. The molecule has 0 aliphatic rings. The minimum absolute atomic E-state index is 0.245. The van der Waals surface area contributed by atoms with Crippen molar-refractivity contribution in [2.24, 2.45) is 5.10 Å². The number of halogens is 1.